The second-order valence-corrected chi connectivity index (χ2v) is 5.44. The third-order valence-electron chi connectivity index (χ3n) is 4.04. The standard InChI is InChI=1S/C16H14N4O4/c1-19-14(22)12-11(8-3-5-9(21)6-4-8)10(7-17)13(18)24-15(12)20(2)16(19)23/h3-6,11,21H,18H2,1-2H3. The van der Waals surface area contributed by atoms with Crippen molar-refractivity contribution in [3.05, 3.63) is 67.7 Å². The molecule has 8 heteroatoms. The normalized spacial score (nSPS) is 16.3. The molecule has 0 bridgehead atoms. The fourth-order valence-corrected chi connectivity index (χ4v) is 2.79. The van der Waals surface area contributed by atoms with E-state index in [1.165, 1.54) is 30.8 Å². The van der Waals surface area contributed by atoms with Crippen molar-refractivity contribution in [2.75, 3.05) is 0 Å². The Morgan fingerprint density at radius 3 is 2.42 bits per heavy atom. The average molecular weight is 326 g/mol. The number of phenols is 1. The third-order valence-corrected chi connectivity index (χ3v) is 4.04. The summed E-state index contributed by atoms with van der Waals surface area (Å²) < 4.78 is 7.52. The summed E-state index contributed by atoms with van der Waals surface area (Å²) in [4.78, 5) is 24.8. The van der Waals surface area contributed by atoms with E-state index in [-0.39, 0.29) is 28.6 Å². The zero-order valence-electron chi connectivity index (χ0n) is 13.0. The fraction of sp³-hybridized carbons (Fsp3) is 0.188. The number of benzene rings is 1. The number of nitrogens with two attached hydrogens (primary N) is 1. The van der Waals surface area contributed by atoms with E-state index in [0.717, 1.165) is 4.57 Å². The summed E-state index contributed by atoms with van der Waals surface area (Å²) in [6.07, 6.45) is 0. The highest BCUT2D eigenvalue weighted by atomic mass is 16.5. The van der Waals surface area contributed by atoms with Gasteiger partial charge in [0.1, 0.15) is 17.4 Å². The lowest BCUT2D eigenvalue weighted by Gasteiger charge is -2.27. The molecule has 1 aliphatic heterocycles. The molecular formula is C16H14N4O4. The van der Waals surface area contributed by atoms with Gasteiger partial charge in [0.05, 0.1) is 11.5 Å². The Morgan fingerprint density at radius 1 is 1.21 bits per heavy atom. The van der Waals surface area contributed by atoms with Gasteiger partial charge in [0, 0.05) is 14.1 Å². The molecule has 2 aromatic rings. The summed E-state index contributed by atoms with van der Waals surface area (Å²) in [5, 5.41) is 18.9. The highest BCUT2D eigenvalue weighted by Crippen LogP contribution is 2.39. The van der Waals surface area contributed by atoms with Gasteiger partial charge < -0.3 is 15.6 Å². The zero-order chi connectivity index (χ0) is 17.6. The second-order valence-electron chi connectivity index (χ2n) is 5.44. The Bertz CT molecular complexity index is 1020. The molecule has 1 aliphatic rings. The zero-order valence-corrected chi connectivity index (χ0v) is 13.0. The van der Waals surface area contributed by atoms with Crippen molar-refractivity contribution >= 4 is 0 Å². The van der Waals surface area contributed by atoms with E-state index in [2.05, 4.69) is 0 Å². The monoisotopic (exact) mass is 326 g/mol. The molecule has 2 heterocycles. The molecular weight excluding hydrogens is 312 g/mol. The van der Waals surface area contributed by atoms with Crippen molar-refractivity contribution in [1.82, 2.24) is 9.13 Å². The molecule has 0 fully saturated rings. The van der Waals surface area contributed by atoms with Gasteiger partial charge in [-0.1, -0.05) is 12.1 Å². The Hall–Kier alpha value is -3.47. The van der Waals surface area contributed by atoms with E-state index in [1.54, 1.807) is 12.1 Å². The van der Waals surface area contributed by atoms with Crippen LogP contribution >= 0.6 is 0 Å². The molecule has 0 amide bonds. The molecule has 24 heavy (non-hydrogen) atoms. The van der Waals surface area contributed by atoms with Crippen molar-refractivity contribution in [3.8, 4) is 17.7 Å². The van der Waals surface area contributed by atoms with Crippen LogP contribution in [0.25, 0.3) is 0 Å². The maximum atomic E-state index is 12.7. The number of ether oxygens (including phenoxy) is 1. The van der Waals surface area contributed by atoms with Crippen molar-refractivity contribution < 1.29 is 9.84 Å². The second kappa shape index (κ2) is 5.31. The Kier molecular flexibility index (Phi) is 3.41. The SMILES string of the molecule is Cn1c2c(c(=O)n(C)c1=O)C(c1ccc(O)cc1)C(C#N)=C(N)O2. The summed E-state index contributed by atoms with van der Waals surface area (Å²) in [6.45, 7) is 0. The molecule has 8 nitrogen and oxygen atoms in total. The van der Waals surface area contributed by atoms with Crippen LogP contribution in [0.15, 0.2) is 45.3 Å². The quantitative estimate of drug-likeness (QED) is 0.761. The average Bonchev–Trinajstić information content (AvgIpc) is 2.57. The lowest BCUT2D eigenvalue weighted by Crippen LogP contribution is -2.42. The molecule has 0 saturated heterocycles. The van der Waals surface area contributed by atoms with Crippen LogP contribution in [-0.4, -0.2) is 14.2 Å². The number of rotatable bonds is 1. The molecule has 1 unspecified atom stereocenters. The molecule has 122 valence electrons. The lowest BCUT2D eigenvalue weighted by atomic mass is 9.85. The summed E-state index contributed by atoms with van der Waals surface area (Å²) in [5.74, 6) is -0.885. The topological polar surface area (TPSA) is 123 Å². The summed E-state index contributed by atoms with van der Waals surface area (Å²) in [6, 6.07) is 8.04. The van der Waals surface area contributed by atoms with Gasteiger partial charge in [-0.15, -0.1) is 0 Å². The van der Waals surface area contributed by atoms with E-state index >= 15 is 0 Å². The Balaban J connectivity index is 2.41. The van der Waals surface area contributed by atoms with Crippen LogP contribution < -0.4 is 21.7 Å². The molecule has 3 N–H and O–H groups in total. The minimum atomic E-state index is -0.787. The van der Waals surface area contributed by atoms with Gasteiger partial charge in [0.2, 0.25) is 11.8 Å². The van der Waals surface area contributed by atoms with Gasteiger partial charge in [0.25, 0.3) is 5.56 Å². The number of fused-ring (bicyclic) bond motifs is 1. The summed E-state index contributed by atoms with van der Waals surface area (Å²) >= 11 is 0. The van der Waals surface area contributed by atoms with Crippen LogP contribution in [0.3, 0.4) is 0 Å². The van der Waals surface area contributed by atoms with Gasteiger partial charge in [-0.2, -0.15) is 5.26 Å². The highest BCUT2D eigenvalue weighted by Gasteiger charge is 2.35. The first-order chi connectivity index (χ1) is 11.4. The van der Waals surface area contributed by atoms with Crippen molar-refractivity contribution in [2.24, 2.45) is 19.8 Å². The van der Waals surface area contributed by atoms with E-state index in [9.17, 15) is 20.0 Å². The molecule has 0 radical (unpaired) electrons. The Labute approximate surface area is 136 Å². The summed E-state index contributed by atoms with van der Waals surface area (Å²) in [5.41, 5.74) is 5.51. The molecule has 1 aromatic carbocycles. The van der Waals surface area contributed by atoms with Crippen molar-refractivity contribution in [2.45, 2.75) is 5.92 Å². The highest BCUT2D eigenvalue weighted by molar-refractivity contribution is 5.53. The maximum Gasteiger partial charge on any atom is 0.333 e. The first-order valence-electron chi connectivity index (χ1n) is 7.03. The lowest BCUT2D eigenvalue weighted by molar-refractivity contribution is 0.348. The predicted octanol–water partition coefficient (Wildman–Crippen LogP) is 0.00778. The number of allylic oxidation sites excluding steroid dienone is 1. The number of nitriles is 1. The largest absolute Gasteiger partial charge is 0.508 e. The van der Waals surface area contributed by atoms with Crippen LogP contribution in [0.1, 0.15) is 17.0 Å². The van der Waals surface area contributed by atoms with E-state index in [4.69, 9.17) is 10.5 Å². The molecule has 0 spiro atoms. The number of aromatic hydroxyl groups is 1. The maximum absolute atomic E-state index is 12.7. The molecule has 0 aliphatic carbocycles. The number of nitrogens with zero attached hydrogens (tertiary/aromatic N) is 3. The number of hydrogen-bond donors (Lipinski definition) is 2. The number of aromatic nitrogens is 2. The predicted molar refractivity (Wildman–Crippen MR) is 84.3 cm³/mol. The van der Waals surface area contributed by atoms with Gasteiger partial charge in [0.15, 0.2) is 0 Å². The van der Waals surface area contributed by atoms with E-state index in [0.29, 0.717) is 5.56 Å². The first kappa shape index (κ1) is 15.4. The first-order valence-corrected chi connectivity index (χ1v) is 7.03. The van der Waals surface area contributed by atoms with Crippen LogP contribution in [0, 0.1) is 11.3 Å². The molecule has 1 atom stereocenters. The van der Waals surface area contributed by atoms with Gasteiger partial charge in [-0.25, -0.2) is 4.79 Å². The Morgan fingerprint density at radius 2 is 1.83 bits per heavy atom. The van der Waals surface area contributed by atoms with Gasteiger partial charge in [-0.05, 0) is 17.7 Å². The molecule has 1 aromatic heterocycles. The third kappa shape index (κ3) is 2.06. The molecule has 3 rings (SSSR count). The van der Waals surface area contributed by atoms with E-state index in [1.807, 2.05) is 6.07 Å². The van der Waals surface area contributed by atoms with Gasteiger partial charge >= 0.3 is 5.69 Å². The van der Waals surface area contributed by atoms with Gasteiger partial charge in [-0.3, -0.25) is 13.9 Å². The minimum Gasteiger partial charge on any atom is -0.508 e. The van der Waals surface area contributed by atoms with Crippen LogP contribution in [-0.2, 0) is 14.1 Å². The van der Waals surface area contributed by atoms with E-state index < -0.39 is 17.2 Å². The smallest absolute Gasteiger partial charge is 0.333 e. The van der Waals surface area contributed by atoms with Crippen LogP contribution in [0.2, 0.25) is 0 Å². The van der Waals surface area contributed by atoms with Crippen LogP contribution in [0.5, 0.6) is 11.6 Å². The van der Waals surface area contributed by atoms with Crippen molar-refractivity contribution in [1.29, 1.82) is 5.26 Å². The van der Waals surface area contributed by atoms with Crippen molar-refractivity contribution in [3.63, 3.8) is 0 Å². The summed E-state index contributed by atoms with van der Waals surface area (Å²) in [7, 11) is 2.81. The number of phenolic OH excluding ortho intramolecular Hbond substituents is 1. The van der Waals surface area contributed by atoms with Crippen LogP contribution in [0.4, 0.5) is 0 Å². The molecule has 0 saturated carbocycles. The number of hydrogen-bond acceptors (Lipinski definition) is 6. The minimum absolute atomic E-state index is 0.0117. The fourth-order valence-electron chi connectivity index (χ4n) is 2.79.